The fourth-order valence-electron chi connectivity index (χ4n) is 14.0. The summed E-state index contributed by atoms with van der Waals surface area (Å²) in [5.74, 6) is -3.48. The summed E-state index contributed by atoms with van der Waals surface area (Å²) >= 11 is 25.0. The smallest absolute Gasteiger partial charge is 0.387 e. The van der Waals surface area contributed by atoms with Crippen molar-refractivity contribution in [2.24, 2.45) is 0 Å². The minimum Gasteiger partial charge on any atom is -0.545 e. The first kappa shape index (κ1) is 94.3. The predicted octanol–water partition coefficient (Wildman–Crippen LogP) is 22.3. The summed E-state index contributed by atoms with van der Waals surface area (Å²) in [4.78, 5) is 70.7. The van der Waals surface area contributed by atoms with Crippen LogP contribution in [0, 0.1) is 6.92 Å². The average molecular weight is 1900 g/mol. The zero-order valence-corrected chi connectivity index (χ0v) is 75.7. The van der Waals surface area contributed by atoms with Gasteiger partial charge in [0.25, 0.3) is 5.91 Å². The number of para-hydroxylation sites is 1. The number of benzene rings is 13. The third-order valence-electron chi connectivity index (χ3n) is 20.7. The number of hydrogen-bond acceptors (Lipinski definition) is 20. The summed E-state index contributed by atoms with van der Waals surface area (Å²) in [5.41, 5.74) is 18.5. The summed E-state index contributed by atoms with van der Waals surface area (Å²) < 4.78 is 53.4. The second kappa shape index (κ2) is 45.2. The van der Waals surface area contributed by atoms with Crippen LogP contribution in [0.5, 0.6) is 28.7 Å². The van der Waals surface area contributed by atoms with Crippen LogP contribution >= 0.6 is 80.1 Å². The Balaban J connectivity index is 0.000000143. The van der Waals surface area contributed by atoms with Crippen molar-refractivity contribution in [2.45, 2.75) is 46.5 Å². The van der Waals surface area contributed by atoms with Crippen molar-refractivity contribution in [3.63, 3.8) is 0 Å². The van der Waals surface area contributed by atoms with Crippen LogP contribution in [0.15, 0.2) is 348 Å². The lowest BCUT2D eigenvalue weighted by molar-refractivity contribution is -0.256. The van der Waals surface area contributed by atoms with Crippen LogP contribution < -0.4 is 54.5 Å². The number of carboxylic acids is 5. The highest BCUT2D eigenvalue weighted by molar-refractivity contribution is 7.15. The van der Waals surface area contributed by atoms with Crippen molar-refractivity contribution in [3.05, 3.63) is 430 Å². The fraction of sp³-hybridized carbons (Fsp3) is 0.0654. The molecule has 1 amide bonds. The number of nitrogens with one attached hydrogen (secondary N) is 1. The van der Waals surface area contributed by atoms with Gasteiger partial charge in [-0.3, -0.25) is 4.79 Å². The molecule has 0 radical (unpaired) electrons. The maximum absolute atomic E-state index is 12.6. The van der Waals surface area contributed by atoms with Crippen LogP contribution in [-0.2, 0) is 33.0 Å². The highest BCUT2D eigenvalue weighted by atomic mass is 35.5. The monoisotopic (exact) mass is 1900 g/mol. The molecule has 0 aliphatic rings. The minimum atomic E-state index is -2.88. The van der Waals surface area contributed by atoms with Gasteiger partial charge >= 0.3 is 6.61 Å². The lowest BCUT2D eigenvalue weighted by atomic mass is 9.97. The van der Waals surface area contributed by atoms with Gasteiger partial charge in [0.15, 0.2) is 0 Å². The summed E-state index contributed by atoms with van der Waals surface area (Å²) in [6.45, 7) is 0.674. The van der Waals surface area contributed by atoms with E-state index in [0.717, 1.165) is 126 Å². The molecule has 1 N–H and O–H groups in total. The van der Waals surface area contributed by atoms with E-state index in [1.54, 1.807) is 127 Å². The highest BCUT2D eigenvalue weighted by Crippen LogP contribution is 2.47. The zero-order valence-electron chi connectivity index (χ0n) is 70.2. The van der Waals surface area contributed by atoms with Crippen molar-refractivity contribution in [3.8, 4) is 116 Å². The average Bonchev–Trinajstić information content (AvgIpc) is 1.71. The largest absolute Gasteiger partial charge is 0.545 e. The Morgan fingerprint density at radius 2 is 0.699 bits per heavy atom. The first-order chi connectivity index (χ1) is 64.4. The number of carbonyl (C=O) groups is 6. The van der Waals surface area contributed by atoms with Crippen LogP contribution in [0.25, 0.3) is 87.0 Å². The normalized spacial score (nSPS) is 10.7. The molecule has 0 spiro atoms. The van der Waals surface area contributed by atoms with Crippen LogP contribution in [0.4, 0.5) is 8.78 Å². The Kier molecular flexibility index (Phi) is 32.0. The van der Waals surface area contributed by atoms with Crippen molar-refractivity contribution in [2.75, 3.05) is 0 Å². The van der Waals surface area contributed by atoms with Gasteiger partial charge in [-0.2, -0.15) is 20.1 Å². The number of thiophene rings is 4. The minimum absolute atomic E-state index is 0.0777. The van der Waals surface area contributed by atoms with Crippen LogP contribution in [0.1, 0.15) is 95.5 Å². The molecule has 4 aromatic heterocycles. The number of halogens is 5. The molecular weight excluding hydrogens is 1830 g/mol. The molecule has 13 aromatic carbocycles. The molecule has 17 aromatic rings. The van der Waals surface area contributed by atoms with Gasteiger partial charge in [-0.25, -0.2) is 0 Å². The molecule has 0 saturated heterocycles. The summed E-state index contributed by atoms with van der Waals surface area (Å²) in [6, 6.07) is 94.6. The Morgan fingerprint density at radius 3 is 1.17 bits per heavy atom. The van der Waals surface area contributed by atoms with E-state index in [2.05, 4.69) is 39.0 Å². The second-order valence-corrected chi connectivity index (χ2v) is 34.3. The van der Waals surface area contributed by atoms with Crippen molar-refractivity contribution < 1.29 is 86.8 Å². The molecule has 26 heteroatoms. The molecule has 0 atom stereocenters. The van der Waals surface area contributed by atoms with Gasteiger partial charge in [0.05, 0.1) is 29.8 Å². The first-order valence-corrected chi connectivity index (χ1v) is 45.5. The van der Waals surface area contributed by atoms with E-state index < -0.39 is 36.5 Å². The number of carbonyl (C=O) groups excluding carboxylic acids is 6. The maximum Gasteiger partial charge on any atom is 0.387 e. The Labute approximate surface area is 794 Å². The molecule has 17 nitrogen and oxygen atoms in total. The molecule has 0 aliphatic carbocycles. The number of carboxylic acid groups (broad SMARTS) is 5. The van der Waals surface area contributed by atoms with E-state index in [1.165, 1.54) is 94.7 Å². The van der Waals surface area contributed by atoms with Gasteiger partial charge in [-0.05, 0) is 233 Å². The molecule has 0 unspecified atom stereocenters. The van der Waals surface area contributed by atoms with Crippen molar-refractivity contribution in [1.82, 2.24) is 5.32 Å². The van der Waals surface area contributed by atoms with E-state index in [-0.39, 0.29) is 59.3 Å². The number of rotatable bonds is 30. The molecular formula is C107H73Cl3F2NO16S4-5. The standard InChI is InChI=1S/C31H25NO2S.C26H19ClF2O4S.2C25H17ClO5S/c33-31(32-19-23-9-3-1-4-10-23)26-17-15-25(16-18-26)28-21-35-22-29(28)27-13-7-8-14-30(27)34-20-24-11-5-2-6-12-24;1-15-12-17(25(30)31)4-8-20(15)24-21(10-11-34-24)22-13-18(27)5-9-23(22)32-14-16-2-6-19(7-3-16)33-26(28)29;26-19-9-10-22(31-14-15-1-3-17(4-2-15)24(27)28)21(13-19)20-11-12-32-23(20)16-5-7-18(8-6-16)25(29)30;26-19-8-9-22(31-14-15-4-6-16(7-5-15)24(27)28)21(13-19)20-10-11-32-23(20)17-2-1-3-18(12-17)25(29)30/h1-18,21-22H,19-20H2,(H,32,33);2-13,26H,14H2,1H3,(H,30,31);2*1-13H,14H2,(H,27,28)(H,29,30)/p-5. The topological polar surface area (TPSA) is 276 Å². The quantitative estimate of drug-likeness (QED) is 0.0438. The number of amides is 1. The molecule has 666 valence electrons. The third-order valence-corrected chi connectivity index (χ3v) is 25.0. The lowest BCUT2D eigenvalue weighted by Gasteiger charge is -2.15. The first-order valence-electron chi connectivity index (χ1n) is 40.8. The van der Waals surface area contributed by atoms with E-state index in [1.807, 2.05) is 150 Å². The van der Waals surface area contributed by atoms with Gasteiger partial charge in [0.2, 0.25) is 0 Å². The summed E-state index contributed by atoms with van der Waals surface area (Å²) in [6.07, 6.45) is 0. The van der Waals surface area contributed by atoms with Crippen molar-refractivity contribution >= 4 is 116 Å². The summed E-state index contributed by atoms with van der Waals surface area (Å²) in [5, 5.41) is 70.1. The van der Waals surface area contributed by atoms with E-state index >= 15 is 0 Å². The predicted molar refractivity (Wildman–Crippen MR) is 510 cm³/mol. The second-order valence-electron chi connectivity index (χ2n) is 29.5. The van der Waals surface area contributed by atoms with Gasteiger partial charge in [0, 0.05) is 91.9 Å². The van der Waals surface area contributed by atoms with E-state index in [9.17, 15) is 63.1 Å². The number of alkyl halides is 2. The van der Waals surface area contributed by atoms with Gasteiger partial charge in [-0.15, -0.1) is 34.0 Å². The Bertz CT molecular complexity index is 6950. The Hall–Kier alpha value is -14.8. The Morgan fingerprint density at radius 1 is 0.316 bits per heavy atom. The van der Waals surface area contributed by atoms with Crippen LogP contribution in [0.3, 0.4) is 0 Å². The SMILES string of the molecule is Cc1cc(C(=O)[O-])ccc1-c1sccc1-c1cc(Cl)ccc1OCc1ccc(OC(F)F)cc1.O=C(NCc1ccccc1)c1ccc(-c2cscc2-c2ccccc2OCc2ccccc2)cc1.O=C([O-])c1ccc(COc2ccc(Cl)cc2-c2ccsc2-c2ccc(C(=O)[O-])cc2)cc1.O=C([O-])c1ccc(COc2ccc(Cl)cc2-c2ccsc2-c2cccc(C(=O)[O-])c2)cc1. The molecule has 4 heterocycles. The van der Waals surface area contributed by atoms with Crippen LogP contribution in [-0.4, -0.2) is 42.4 Å². The fourth-order valence-corrected chi connectivity index (χ4v) is 18.2. The van der Waals surface area contributed by atoms with Crippen molar-refractivity contribution in [1.29, 1.82) is 0 Å². The number of ether oxygens (including phenoxy) is 5. The molecule has 0 aliphatic heterocycles. The highest BCUT2D eigenvalue weighted by Gasteiger charge is 2.22. The number of aryl methyl sites for hydroxylation is 1. The molecule has 17 rings (SSSR count). The third kappa shape index (κ3) is 25.1. The van der Waals surface area contributed by atoms with Gasteiger partial charge < -0.3 is 78.5 Å². The van der Waals surface area contributed by atoms with E-state index in [4.69, 9.17) is 53.8 Å². The lowest BCUT2D eigenvalue weighted by Crippen LogP contribution is -2.22. The van der Waals surface area contributed by atoms with E-state index in [0.29, 0.717) is 51.0 Å². The molecule has 133 heavy (non-hydrogen) atoms. The molecule has 0 fully saturated rings. The van der Waals surface area contributed by atoms with Gasteiger partial charge in [0.1, 0.15) is 55.2 Å². The summed E-state index contributed by atoms with van der Waals surface area (Å²) in [7, 11) is 0. The van der Waals surface area contributed by atoms with Gasteiger partial charge in [-0.1, -0.05) is 241 Å². The molecule has 0 bridgehead atoms. The number of aromatic carboxylic acids is 5. The number of hydrogen-bond donors (Lipinski definition) is 1. The molecule has 0 saturated carbocycles. The maximum atomic E-state index is 12.6. The van der Waals surface area contributed by atoms with Crippen LogP contribution in [0.2, 0.25) is 15.1 Å². The zero-order chi connectivity index (χ0) is 93.4.